The number of hydrogen-bond acceptors (Lipinski definition) is 3. The number of aromatic nitrogens is 1. The first-order chi connectivity index (χ1) is 6.15. The summed E-state index contributed by atoms with van der Waals surface area (Å²) < 4.78 is 13.5. The molecule has 0 saturated heterocycles. The van der Waals surface area contributed by atoms with Gasteiger partial charge < -0.3 is 5.73 Å². The minimum Gasteiger partial charge on any atom is -0.330 e. The van der Waals surface area contributed by atoms with E-state index in [0.29, 0.717) is 4.47 Å². The summed E-state index contributed by atoms with van der Waals surface area (Å²) in [7, 11) is 0. The number of halogens is 2. The summed E-state index contributed by atoms with van der Waals surface area (Å²) in [5.74, 6) is -1.07. The molecule has 13 heavy (non-hydrogen) atoms. The summed E-state index contributed by atoms with van der Waals surface area (Å²) in [6, 6.07) is 1.40. The molecule has 1 aromatic heterocycles. The van der Waals surface area contributed by atoms with E-state index in [-0.39, 0.29) is 24.3 Å². The van der Waals surface area contributed by atoms with E-state index in [4.69, 9.17) is 5.73 Å². The van der Waals surface area contributed by atoms with Gasteiger partial charge in [0.2, 0.25) is 5.95 Å². The summed E-state index contributed by atoms with van der Waals surface area (Å²) in [6.07, 6.45) is 1.43. The van der Waals surface area contributed by atoms with E-state index < -0.39 is 5.95 Å². The molecule has 1 heterocycles. The Bertz CT molecular complexity index is 330. The molecule has 0 amide bonds. The van der Waals surface area contributed by atoms with Crippen molar-refractivity contribution in [3.63, 3.8) is 0 Å². The molecule has 0 aromatic carbocycles. The molecule has 0 spiro atoms. The fourth-order valence-electron chi connectivity index (χ4n) is 0.884. The molecule has 5 heteroatoms. The van der Waals surface area contributed by atoms with Gasteiger partial charge in [0.15, 0.2) is 5.78 Å². The summed E-state index contributed by atoms with van der Waals surface area (Å²) in [5, 5.41) is 0. The van der Waals surface area contributed by atoms with Crippen molar-refractivity contribution in [3.8, 4) is 0 Å². The molecule has 0 aliphatic carbocycles. The molecular formula is C8H8BrFN2O. The molecule has 1 rings (SSSR count). The van der Waals surface area contributed by atoms with E-state index in [2.05, 4.69) is 20.9 Å². The first kappa shape index (κ1) is 10.3. The average molecular weight is 247 g/mol. The van der Waals surface area contributed by atoms with Crippen LogP contribution in [0.1, 0.15) is 16.8 Å². The Kier molecular flexibility index (Phi) is 3.50. The minimum atomic E-state index is -0.748. The molecule has 1 aromatic rings. The van der Waals surface area contributed by atoms with Gasteiger partial charge >= 0.3 is 0 Å². The third kappa shape index (κ3) is 2.57. The first-order valence-corrected chi connectivity index (χ1v) is 4.48. The van der Waals surface area contributed by atoms with Crippen molar-refractivity contribution < 1.29 is 9.18 Å². The van der Waals surface area contributed by atoms with Crippen LogP contribution in [0.5, 0.6) is 0 Å². The zero-order chi connectivity index (χ0) is 9.84. The van der Waals surface area contributed by atoms with Crippen LogP contribution in [0.15, 0.2) is 16.7 Å². The third-order valence-corrected chi connectivity index (χ3v) is 1.91. The van der Waals surface area contributed by atoms with Crippen molar-refractivity contribution in [1.29, 1.82) is 0 Å². The number of rotatable bonds is 3. The summed E-state index contributed by atoms with van der Waals surface area (Å²) in [4.78, 5) is 14.6. The number of Topliss-reactive ketones (excluding diaryl/α,β-unsaturated/α-hetero) is 1. The second kappa shape index (κ2) is 4.43. The maximum Gasteiger partial charge on any atom is 0.223 e. The van der Waals surface area contributed by atoms with Gasteiger partial charge in [-0.25, -0.2) is 4.98 Å². The van der Waals surface area contributed by atoms with Crippen molar-refractivity contribution in [3.05, 3.63) is 28.2 Å². The molecular weight excluding hydrogens is 239 g/mol. The number of carbonyl (C=O) groups is 1. The lowest BCUT2D eigenvalue weighted by molar-refractivity contribution is 0.0980. The van der Waals surface area contributed by atoms with Crippen LogP contribution >= 0.6 is 15.9 Å². The van der Waals surface area contributed by atoms with E-state index in [1.165, 1.54) is 12.3 Å². The maximum absolute atomic E-state index is 12.9. The van der Waals surface area contributed by atoms with Gasteiger partial charge in [-0.1, -0.05) is 0 Å². The summed E-state index contributed by atoms with van der Waals surface area (Å²) in [6.45, 7) is 0.213. The highest BCUT2D eigenvalue weighted by atomic mass is 79.9. The molecule has 0 aliphatic heterocycles. The second-order valence-electron chi connectivity index (χ2n) is 2.45. The summed E-state index contributed by atoms with van der Waals surface area (Å²) in [5.41, 5.74) is 5.17. The van der Waals surface area contributed by atoms with Crippen LogP contribution < -0.4 is 5.73 Å². The van der Waals surface area contributed by atoms with Gasteiger partial charge in [-0.3, -0.25) is 4.79 Å². The molecule has 2 N–H and O–H groups in total. The van der Waals surface area contributed by atoms with Crippen LogP contribution in [0.25, 0.3) is 0 Å². The Morgan fingerprint density at radius 2 is 2.38 bits per heavy atom. The lowest BCUT2D eigenvalue weighted by Gasteiger charge is -2.00. The van der Waals surface area contributed by atoms with Gasteiger partial charge in [0, 0.05) is 17.1 Å². The maximum atomic E-state index is 12.9. The van der Waals surface area contributed by atoms with E-state index in [1.54, 1.807) is 0 Å². The molecule has 0 atom stereocenters. The molecule has 0 bridgehead atoms. The number of pyridine rings is 1. The van der Waals surface area contributed by atoms with Gasteiger partial charge in [-0.2, -0.15) is 4.39 Å². The number of nitrogens with zero attached hydrogens (tertiary/aromatic N) is 1. The summed E-state index contributed by atoms with van der Waals surface area (Å²) >= 11 is 3.10. The van der Waals surface area contributed by atoms with Crippen LogP contribution in [-0.2, 0) is 0 Å². The standard InChI is InChI=1S/C8H8BrFN2O/c9-5-3-6(7(13)1-2-11)8(10)12-4-5/h3-4H,1-2,11H2. The normalized spacial score (nSPS) is 10.1. The third-order valence-electron chi connectivity index (χ3n) is 1.48. The van der Waals surface area contributed by atoms with Crippen LogP contribution in [0, 0.1) is 5.95 Å². The quantitative estimate of drug-likeness (QED) is 0.650. The number of ketones is 1. The predicted octanol–water partition coefficient (Wildman–Crippen LogP) is 1.51. The molecule has 70 valence electrons. The van der Waals surface area contributed by atoms with Crippen LogP contribution in [-0.4, -0.2) is 17.3 Å². The minimum absolute atomic E-state index is 0.0141. The second-order valence-corrected chi connectivity index (χ2v) is 3.37. The molecule has 0 fully saturated rings. The van der Waals surface area contributed by atoms with E-state index in [1.807, 2.05) is 0 Å². The van der Waals surface area contributed by atoms with Crippen molar-refractivity contribution in [1.82, 2.24) is 4.98 Å². The fourth-order valence-corrected chi connectivity index (χ4v) is 1.22. The van der Waals surface area contributed by atoms with E-state index in [9.17, 15) is 9.18 Å². The number of carbonyl (C=O) groups excluding carboxylic acids is 1. The van der Waals surface area contributed by atoms with Crippen LogP contribution in [0.2, 0.25) is 0 Å². The first-order valence-electron chi connectivity index (χ1n) is 3.69. The van der Waals surface area contributed by atoms with Crippen molar-refractivity contribution in [2.75, 3.05) is 6.54 Å². The Balaban J connectivity index is 2.99. The zero-order valence-electron chi connectivity index (χ0n) is 6.76. The monoisotopic (exact) mass is 246 g/mol. The Morgan fingerprint density at radius 1 is 1.69 bits per heavy atom. The molecule has 3 nitrogen and oxygen atoms in total. The van der Waals surface area contributed by atoms with Gasteiger partial charge in [-0.15, -0.1) is 0 Å². The zero-order valence-corrected chi connectivity index (χ0v) is 8.34. The Morgan fingerprint density at radius 3 is 3.00 bits per heavy atom. The van der Waals surface area contributed by atoms with E-state index >= 15 is 0 Å². The average Bonchev–Trinajstić information content (AvgIpc) is 2.09. The van der Waals surface area contributed by atoms with Crippen molar-refractivity contribution in [2.24, 2.45) is 5.73 Å². The topological polar surface area (TPSA) is 56.0 Å². The SMILES string of the molecule is NCCC(=O)c1cc(Br)cnc1F. The Labute approximate surface area is 83.3 Å². The highest BCUT2D eigenvalue weighted by molar-refractivity contribution is 9.10. The molecule has 0 saturated carbocycles. The lowest BCUT2D eigenvalue weighted by atomic mass is 10.1. The van der Waals surface area contributed by atoms with Gasteiger partial charge in [0.1, 0.15) is 0 Å². The fraction of sp³-hybridized carbons (Fsp3) is 0.250. The van der Waals surface area contributed by atoms with Crippen LogP contribution in [0.4, 0.5) is 4.39 Å². The van der Waals surface area contributed by atoms with Crippen molar-refractivity contribution in [2.45, 2.75) is 6.42 Å². The number of nitrogens with two attached hydrogens (primary N) is 1. The van der Waals surface area contributed by atoms with E-state index in [0.717, 1.165) is 0 Å². The van der Waals surface area contributed by atoms with Crippen LogP contribution in [0.3, 0.4) is 0 Å². The van der Waals surface area contributed by atoms with Gasteiger partial charge in [-0.05, 0) is 28.5 Å². The smallest absolute Gasteiger partial charge is 0.223 e. The predicted molar refractivity (Wildman–Crippen MR) is 49.9 cm³/mol. The van der Waals surface area contributed by atoms with Gasteiger partial charge in [0.05, 0.1) is 5.56 Å². The number of hydrogen-bond donors (Lipinski definition) is 1. The Hall–Kier alpha value is -0.810. The molecule has 0 unspecified atom stereocenters. The van der Waals surface area contributed by atoms with Gasteiger partial charge in [0.25, 0.3) is 0 Å². The van der Waals surface area contributed by atoms with Crippen molar-refractivity contribution >= 4 is 21.7 Å². The highest BCUT2D eigenvalue weighted by Gasteiger charge is 2.11. The molecule has 0 radical (unpaired) electrons. The highest BCUT2D eigenvalue weighted by Crippen LogP contribution is 2.14. The molecule has 0 aliphatic rings. The largest absolute Gasteiger partial charge is 0.330 e. The lowest BCUT2D eigenvalue weighted by Crippen LogP contribution is -2.10.